The fraction of sp³-hybridized carbons (Fsp3) is 0.789. The van der Waals surface area contributed by atoms with Gasteiger partial charge in [0.15, 0.2) is 0 Å². The summed E-state index contributed by atoms with van der Waals surface area (Å²) in [5.74, 6) is -2.30. The Morgan fingerprint density at radius 2 is 1.84 bits per heavy atom. The van der Waals surface area contributed by atoms with E-state index < -0.39 is 53.1 Å². The maximum Gasteiger partial charge on any atom is 0.310 e. The molecule has 0 aromatic rings. The highest BCUT2D eigenvalue weighted by molar-refractivity contribution is 5.93. The van der Waals surface area contributed by atoms with Crippen molar-refractivity contribution in [1.82, 2.24) is 0 Å². The quantitative estimate of drug-likeness (QED) is 0.433. The van der Waals surface area contributed by atoms with Crippen molar-refractivity contribution >= 4 is 11.8 Å². The third kappa shape index (κ3) is 1.76. The number of rotatable bonds is 0. The number of esters is 1. The third-order valence-electron chi connectivity index (χ3n) is 7.88. The highest BCUT2D eigenvalue weighted by atomic mass is 16.6. The minimum atomic E-state index is -1.11. The summed E-state index contributed by atoms with van der Waals surface area (Å²) < 4.78 is 5.43. The first kappa shape index (κ1) is 17.2. The Kier molecular flexibility index (Phi) is 3.39. The molecule has 1 saturated heterocycles. The predicted octanol–water partition coefficient (Wildman–Crippen LogP) is 0.438. The summed E-state index contributed by atoms with van der Waals surface area (Å²) in [6, 6.07) is 0. The van der Waals surface area contributed by atoms with Crippen LogP contribution in [0.25, 0.3) is 0 Å². The largest absolute Gasteiger partial charge is 0.459 e. The zero-order valence-electron chi connectivity index (χ0n) is 15.0. The maximum atomic E-state index is 13.2. The summed E-state index contributed by atoms with van der Waals surface area (Å²) in [4.78, 5) is 25.7. The molecule has 1 aliphatic heterocycles. The number of allylic oxidation sites excluding steroid dienone is 1. The molecule has 6 heteroatoms. The van der Waals surface area contributed by atoms with Crippen LogP contribution >= 0.6 is 0 Å². The van der Waals surface area contributed by atoms with Gasteiger partial charge in [0.05, 0.1) is 24.2 Å². The van der Waals surface area contributed by atoms with Gasteiger partial charge in [0.25, 0.3) is 0 Å². The molecule has 3 aliphatic carbocycles. The summed E-state index contributed by atoms with van der Waals surface area (Å²) in [6.45, 7) is 7.26. The van der Waals surface area contributed by atoms with Crippen LogP contribution in [-0.2, 0) is 14.3 Å². The molecule has 4 rings (SSSR count). The fourth-order valence-corrected chi connectivity index (χ4v) is 6.72. The Balaban J connectivity index is 1.94. The minimum Gasteiger partial charge on any atom is -0.459 e. The van der Waals surface area contributed by atoms with Gasteiger partial charge >= 0.3 is 5.97 Å². The molecule has 4 aliphatic rings. The van der Waals surface area contributed by atoms with Gasteiger partial charge in [-0.3, -0.25) is 9.59 Å². The Morgan fingerprint density at radius 3 is 2.48 bits per heavy atom. The van der Waals surface area contributed by atoms with Crippen molar-refractivity contribution in [3.63, 3.8) is 0 Å². The van der Waals surface area contributed by atoms with Gasteiger partial charge in [0.2, 0.25) is 0 Å². The predicted molar refractivity (Wildman–Crippen MR) is 87.1 cm³/mol. The van der Waals surface area contributed by atoms with E-state index in [1.54, 1.807) is 13.0 Å². The van der Waals surface area contributed by atoms with Crippen molar-refractivity contribution in [3.8, 4) is 0 Å². The Morgan fingerprint density at radius 1 is 1.20 bits per heavy atom. The van der Waals surface area contributed by atoms with Crippen molar-refractivity contribution in [2.75, 3.05) is 0 Å². The van der Waals surface area contributed by atoms with E-state index >= 15 is 0 Å². The zero-order valence-corrected chi connectivity index (χ0v) is 15.0. The van der Waals surface area contributed by atoms with Crippen LogP contribution in [0.1, 0.15) is 34.1 Å². The van der Waals surface area contributed by atoms with Crippen molar-refractivity contribution in [2.24, 2.45) is 34.5 Å². The number of aliphatic hydroxyl groups excluding tert-OH is 3. The monoisotopic (exact) mass is 350 g/mol. The third-order valence-corrected chi connectivity index (χ3v) is 7.88. The van der Waals surface area contributed by atoms with Crippen molar-refractivity contribution in [3.05, 3.63) is 11.6 Å². The van der Waals surface area contributed by atoms with E-state index in [2.05, 4.69) is 0 Å². The smallest absolute Gasteiger partial charge is 0.310 e. The summed E-state index contributed by atoms with van der Waals surface area (Å²) in [5, 5.41) is 32.3. The molecule has 6 nitrogen and oxygen atoms in total. The number of fused-ring (bicyclic) bond motifs is 6. The van der Waals surface area contributed by atoms with Gasteiger partial charge in [-0.2, -0.15) is 0 Å². The van der Waals surface area contributed by atoms with E-state index in [-0.39, 0.29) is 24.0 Å². The molecule has 1 heterocycles. The summed E-state index contributed by atoms with van der Waals surface area (Å²) in [7, 11) is 0. The van der Waals surface area contributed by atoms with Gasteiger partial charge in [-0.15, -0.1) is 0 Å². The average molecular weight is 350 g/mol. The lowest BCUT2D eigenvalue weighted by molar-refractivity contribution is -0.219. The van der Waals surface area contributed by atoms with Crippen LogP contribution in [0.5, 0.6) is 0 Å². The highest BCUT2D eigenvalue weighted by Crippen LogP contribution is 2.66. The van der Waals surface area contributed by atoms with E-state index in [1.165, 1.54) is 0 Å². The standard InChI is InChI=1S/C19H26O6/c1-7-5-10(20)16(23)18(3)9(7)6-11(21)19(4)12-8(2)14(25-17(12)24)13(22)15(18)19/h5,8-10,12-16,20,22-23H,6H2,1-4H3/t8-,9+,10+,12-,13-,14-,15-,16-,18+,19-/m0/s1. The lowest BCUT2D eigenvalue weighted by atomic mass is 9.40. The van der Waals surface area contributed by atoms with E-state index in [0.29, 0.717) is 0 Å². The van der Waals surface area contributed by atoms with E-state index in [9.17, 15) is 24.9 Å². The fourth-order valence-electron chi connectivity index (χ4n) is 6.72. The molecule has 2 saturated carbocycles. The summed E-state index contributed by atoms with van der Waals surface area (Å²) in [5.41, 5.74) is -1.17. The second-order valence-electron chi connectivity index (χ2n) is 8.88. The molecule has 10 atom stereocenters. The van der Waals surface area contributed by atoms with Gasteiger partial charge in [0.1, 0.15) is 11.9 Å². The van der Waals surface area contributed by atoms with Crippen LogP contribution in [-0.4, -0.2) is 51.5 Å². The van der Waals surface area contributed by atoms with Gasteiger partial charge in [-0.1, -0.05) is 32.4 Å². The first-order chi connectivity index (χ1) is 11.6. The number of Topliss-reactive ketones (excluding diaryl/α,β-unsaturated/α-hetero) is 1. The second kappa shape index (κ2) is 4.93. The zero-order chi connectivity index (χ0) is 18.5. The Bertz CT molecular complexity index is 685. The number of carbonyl (C=O) groups is 2. The number of aliphatic hydroxyl groups is 3. The maximum absolute atomic E-state index is 13.2. The number of carbonyl (C=O) groups excluding carboxylic acids is 2. The number of ether oxygens (including phenoxy) is 1. The highest BCUT2D eigenvalue weighted by Gasteiger charge is 2.74. The number of hydrogen-bond donors (Lipinski definition) is 3. The van der Waals surface area contributed by atoms with Crippen LogP contribution in [0.4, 0.5) is 0 Å². The Hall–Kier alpha value is -1.24. The van der Waals surface area contributed by atoms with Gasteiger partial charge < -0.3 is 20.1 Å². The first-order valence-electron chi connectivity index (χ1n) is 9.02. The molecule has 3 fully saturated rings. The van der Waals surface area contributed by atoms with E-state index in [1.807, 2.05) is 20.8 Å². The van der Waals surface area contributed by atoms with Gasteiger partial charge in [-0.25, -0.2) is 0 Å². The topological polar surface area (TPSA) is 104 Å². The lowest BCUT2D eigenvalue weighted by Gasteiger charge is -2.63. The van der Waals surface area contributed by atoms with E-state index in [0.717, 1.165) is 5.57 Å². The SMILES string of the molecule is CC1=C[C@@H](O)[C@H](O)[C@]2(C)[C@@H]1CC(=O)[C@@]1(C)[C@@H]3C(=O)O[C@@H]([C@H]3C)[C@H](O)[C@H]12. The molecule has 0 amide bonds. The van der Waals surface area contributed by atoms with Crippen molar-refractivity contribution in [2.45, 2.75) is 58.5 Å². The van der Waals surface area contributed by atoms with Gasteiger partial charge in [0, 0.05) is 29.1 Å². The lowest BCUT2D eigenvalue weighted by Crippen LogP contribution is -2.70. The molecule has 0 aromatic carbocycles. The molecule has 2 bridgehead atoms. The molecule has 0 aromatic heterocycles. The molecule has 0 unspecified atom stereocenters. The van der Waals surface area contributed by atoms with Crippen LogP contribution in [0.2, 0.25) is 0 Å². The Labute approximate surface area is 146 Å². The summed E-state index contributed by atoms with van der Waals surface area (Å²) >= 11 is 0. The van der Waals surface area contributed by atoms with Crippen LogP contribution in [0.15, 0.2) is 11.6 Å². The molecule has 138 valence electrons. The number of hydrogen-bond acceptors (Lipinski definition) is 6. The van der Waals surface area contributed by atoms with Crippen LogP contribution in [0, 0.1) is 34.5 Å². The minimum absolute atomic E-state index is 0.0653. The molecular weight excluding hydrogens is 324 g/mol. The van der Waals surface area contributed by atoms with Gasteiger partial charge in [-0.05, 0) is 12.8 Å². The molecule has 3 N–H and O–H groups in total. The van der Waals surface area contributed by atoms with Crippen molar-refractivity contribution < 1.29 is 29.6 Å². The second-order valence-corrected chi connectivity index (χ2v) is 8.88. The first-order valence-corrected chi connectivity index (χ1v) is 9.02. The van der Waals surface area contributed by atoms with Crippen LogP contribution in [0.3, 0.4) is 0 Å². The molecule has 0 radical (unpaired) electrons. The number of ketones is 1. The van der Waals surface area contributed by atoms with E-state index in [4.69, 9.17) is 4.74 Å². The van der Waals surface area contributed by atoms with Crippen molar-refractivity contribution in [1.29, 1.82) is 0 Å². The van der Waals surface area contributed by atoms with Crippen LogP contribution < -0.4 is 0 Å². The average Bonchev–Trinajstić information content (AvgIpc) is 2.78. The molecular formula is C19H26O6. The molecule has 25 heavy (non-hydrogen) atoms. The summed E-state index contributed by atoms with van der Waals surface area (Å²) in [6.07, 6.45) is -2.10. The molecule has 0 spiro atoms. The normalized spacial score (nSPS) is 57.5.